The summed E-state index contributed by atoms with van der Waals surface area (Å²) in [6, 6.07) is 51.8. The Morgan fingerprint density at radius 3 is 0.978 bits per heavy atom. The molecule has 1 atom stereocenters. The smallest absolute Gasteiger partial charge is 0.349 e. The normalized spacial score (nSPS) is 11.7. The minimum atomic E-state index is -2.91. The number of rotatable bonds is 12. The Hall–Kier alpha value is -5.64. The molecule has 0 saturated heterocycles. The molecule has 0 spiro atoms. The number of benzene rings is 6. The number of hydrogen-bond donors (Lipinski definition) is 1. The molecule has 1 N–H and O–H groups in total. The first-order valence-electron chi connectivity index (χ1n) is 14.8. The van der Waals surface area contributed by atoms with Crippen LogP contribution >= 0.6 is 7.26 Å². The van der Waals surface area contributed by atoms with Gasteiger partial charge in [-0.15, -0.1) is 0 Å². The van der Waals surface area contributed by atoms with Gasteiger partial charge in [-0.05, 0) is 115 Å². The van der Waals surface area contributed by atoms with Crippen molar-refractivity contribution in [2.24, 2.45) is 0 Å². The molecular weight excluding hydrogens is 591 g/mol. The lowest BCUT2D eigenvalue weighted by Gasteiger charge is -2.31. The van der Waals surface area contributed by atoms with Gasteiger partial charge in [-0.3, -0.25) is 0 Å². The Morgan fingerprint density at radius 2 is 0.739 bits per heavy atom. The maximum atomic E-state index is 13.1. The molecule has 0 amide bonds. The third-order valence-corrected chi connectivity index (χ3v) is 12.2. The van der Waals surface area contributed by atoms with E-state index in [2.05, 4.69) is 6.58 Å². The second-order valence-corrected chi connectivity index (χ2v) is 14.0. The molecule has 6 aromatic rings. The van der Waals surface area contributed by atoms with Crippen molar-refractivity contribution in [3.63, 3.8) is 0 Å². The number of aliphatic carboxylic acids is 1. The van der Waals surface area contributed by atoms with Gasteiger partial charge in [0.15, 0.2) is 5.66 Å². The van der Waals surface area contributed by atoms with E-state index in [0.717, 1.165) is 15.9 Å². The molecule has 0 aliphatic rings. The van der Waals surface area contributed by atoms with E-state index in [9.17, 15) is 9.90 Å². The highest BCUT2D eigenvalue weighted by molar-refractivity contribution is 7.97. The van der Waals surface area contributed by atoms with E-state index in [-0.39, 0.29) is 0 Å². The largest absolute Gasteiger partial charge is 0.478 e. The maximum absolute atomic E-state index is 13.1. The van der Waals surface area contributed by atoms with Crippen LogP contribution in [0.5, 0.6) is 34.5 Å². The number of hydrogen-bond acceptors (Lipinski definition) is 4. The summed E-state index contributed by atoms with van der Waals surface area (Å²) in [5.74, 6) is 3.14. The van der Waals surface area contributed by atoms with Gasteiger partial charge < -0.3 is 19.3 Å². The van der Waals surface area contributed by atoms with E-state index in [1.54, 1.807) is 6.08 Å². The molecule has 0 aromatic heterocycles. The van der Waals surface area contributed by atoms with Crippen LogP contribution in [0.1, 0.15) is 0 Å². The molecule has 6 aromatic carbocycles. The summed E-state index contributed by atoms with van der Waals surface area (Å²) < 4.78 is 18.2. The van der Waals surface area contributed by atoms with Crippen molar-refractivity contribution in [2.75, 3.05) is 0 Å². The number of carboxylic acid groups (broad SMARTS) is 1. The first kappa shape index (κ1) is 30.4. The third kappa shape index (κ3) is 6.56. The zero-order valence-electron chi connectivity index (χ0n) is 25.0. The van der Waals surface area contributed by atoms with Gasteiger partial charge in [0.1, 0.15) is 57.7 Å². The van der Waals surface area contributed by atoms with Crippen molar-refractivity contribution in [3.8, 4) is 34.5 Å². The summed E-state index contributed by atoms with van der Waals surface area (Å²) in [5, 5.41) is 13.3. The Labute approximate surface area is 269 Å². The van der Waals surface area contributed by atoms with Crippen LogP contribution < -0.4 is 30.1 Å². The first-order chi connectivity index (χ1) is 22.6. The summed E-state index contributed by atoms with van der Waals surface area (Å²) in [7, 11) is -2.91. The van der Waals surface area contributed by atoms with Crippen LogP contribution in [0.25, 0.3) is 0 Å². The standard InChI is InChI=1S/C40H31O5P/c1-2-39(40(41)42)46(36-24-18-33(19-25-36)43-30-12-6-3-7-13-30,37-26-20-34(21-27-37)44-31-14-8-4-9-15-31)38-28-22-35(23-29-38)45-32-16-10-5-11-17-32/h2-29,39H,1H2/p+1. The molecule has 0 bridgehead atoms. The molecule has 0 aliphatic carbocycles. The molecule has 226 valence electrons. The molecule has 46 heavy (non-hydrogen) atoms. The monoisotopic (exact) mass is 623 g/mol. The number of carboxylic acids is 1. The van der Waals surface area contributed by atoms with E-state index in [1.165, 1.54) is 0 Å². The second kappa shape index (κ2) is 14.0. The fraction of sp³-hybridized carbons (Fsp3) is 0.0250. The third-order valence-electron chi connectivity index (χ3n) is 7.56. The lowest BCUT2D eigenvalue weighted by molar-refractivity contribution is -0.135. The molecular formula is C40H32O5P+. The molecule has 6 heteroatoms. The van der Waals surface area contributed by atoms with Gasteiger partial charge in [-0.2, -0.15) is 0 Å². The van der Waals surface area contributed by atoms with E-state index in [0.29, 0.717) is 34.5 Å². The summed E-state index contributed by atoms with van der Waals surface area (Å²) >= 11 is 0. The zero-order valence-corrected chi connectivity index (χ0v) is 25.9. The maximum Gasteiger partial charge on any atom is 0.349 e. The first-order valence-corrected chi connectivity index (χ1v) is 16.7. The highest BCUT2D eigenvalue weighted by atomic mass is 31.2. The zero-order chi connectivity index (χ0) is 31.8. The lowest BCUT2D eigenvalue weighted by Crippen LogP contribution is -2.41. The van der Waals surface area contributed by atoms with Gasteiger partial charge in [-0.1, -0.05) is 61.2 Å². The van der Waals surface area contributed by atoms with Crippen LogP contribution in [0.2, 0.25) is 0 Å². The van der Waals surface area contributed by atoms with Gasteiger partial charge in [0, 0.05) is 0 Å². The average molecular weight is 624 g/mol. The summed E-state index contributed by atoms with van der Waals surface area (Å²) in [6.07, 6.45) is 1.55. The number of para-hydroxylation sites is 3. The van der Waals surface area contributed by atoms with E-state index >= 15 is 0 Å². The highest BCUT2D eigenvalue weighted by Gasteiger charge is 2.55. The molecule has 0 saturated carbocycles. The molecule has 0 radical (unpaired) electrons. The Bertz CT molecular complexity index is 1670. The number of ether oxygens (including phenoxy) is 3. The van der Waals surface area contributed by atoms with E-state index < -0.39 is 18.9 Å². The summed E-state index contributed by atoms with van der Waals surface area (Å²) in [5.41, 5.74) is -0.921. The molecule has 0 aliphatic heterocycles. The molecule has 0 fully saturated rings. The Kier molecular flexibility index (Phi) is 9.24. The van der Waals surface area contributed by atoms with Crippen LogP contribution in [-0.4, -0.2) is 16.7 Å². The van der Waals surface area contributed by atoms with Gasteiger partial charge in [0.2, 0.25) is 0 Å². The fourth-order valence-electron chi connectivity index (χ4n) is 5.48. The topological polar surface area (TPSA) is 65.0 Å². The molecule has 0 heterocycles. The van der Waals surface area contributed by atoms with Crippen molar-refractivity contribution < 1.29 is 24.1 Å². The van der Waals surface area contributed by atoms with Gasteiger partial charge in [0.25, 0.3) is 0 Å². The van der Waals surface area contributed by atoms with Gasteiger partial charge >= 0.3 is 5.97 Å². The SMILES string of the molecule is C=CC(C(=O)O)[P+](c1ccc(Oc2ccccc2)cc1)(c1ccc(Oc2ccccc2)cc1)c1ccc(Oc2ccccc2)cc1. The summed E-state index contributed by atoms with van der Waals surface area (Å²) in [6.45, 7) is 4.02. The minimum absolute atomic E-state index is 0.650. The van der Waals surface area contributed by atoms with Crippen LogP contribution in [-0.2, 0) is 4.79 Å². The van der Waals surface area contributed by atoms with Gasteiger partial charge in [-0.25, -0.2) is 4.79 Å². The Balaban J connectivity index is 1.47. The van der Waals surface area contributed by atoms with Crippen molar-refractivity contribution in [1.29, 1.82) is 0 Å². The van der Waals surface area contributed by atoms with Crippen LogP contribution in [0.15, 0.2) is 176 Å². The van der Waals surface area contributed by atoms with Crippen LogP contribution in [0.4, 0.5) is 0 Å². The Morgan fingerprint density at radius 1 is 0.478 bits per heavy atom. The molecule has 5 nitrogen and oxygen atoms in total. The minimum Gasteiger partial charge on any atom is -0.478 e. The highest BCUT2D eigenvalue weighted by Crippen LogP contribution is 2.60. The fourth-order valence-corrected chi connectivity index (χ4v) is 9.84. The van der Waals surface area contributed by atoms with Crippen molar-refractivity contribution in [2.45, 2.75) is 5.66 Å². The summed E-state index contributed by atoms with van der Waals surface area (Å²) in [4.78, 5) is 13.1. The predicted octanol–water partition coefficient (Wildman–Crippen LogP) is 9.00. The lowest BCUT2D eigenvalue weighted by atomic mass is 10.3. The van der Waals surface area contributed by atoms with Crippen molar-refractivity contribution in [1.82, 2.24) is 0 Å². The molecule has 6 rings (SSSR count). The average Bonchev–Trinajstić information content (AvgIpc) is 3.10. The van der Waals surface area contributed by atoms with Gasteiger partial charge in [0.05, 0.1) is 0 Å². The number of carbonyl (C=O) groups is 1. The molecule has 1 unspecified atom stereocenters. The predicted molar refractivity (Wildman–Crippen MR) is 186 cm³/mol. The van der Waals surface area contributed by atoms with E-state index in [1.807, 2.05) is 164 Å². The van der Waals surface area contributed by atoms with Crippen molar-refractivity contribution >= 4 is 29.1 Å². The van der Waals surface area contributed by atoms with Crippen LogP contribution in [0, 0.1) is 0 Å². The van der Waals surface area contributed by atoms with Crippen molar-refractivity contribution in [3.05, 3.63) is 176 Å². The quantitative estimate of drug-likeness (QED) is 0.109. The second-order valence-electron chi connectivity index (χ2n) is 10.5. The van der Waals surface area contributed by atoms with Crippen LogP contribution in [0.3, 0.4) is 0 Å². The van der Waals surface area contributed by atoms with E-state index in [4.69, 9.17) is 14.2 Å².